The van der Waals surface area contributed by atoms with Gasteiger partial charge < -0.3 is 15.4 Å². The largest absolute Gasteiger partial charge is 0.495 e. The molecule has 2 rings (SSSR count). The van der Waals surface area contributed by atoms with Gasteiger partial charge in [-0.3, -0.25) is 4.68 Å². The second-order valence-electron chi connectivity index (χ2n) is 5.42. The molecule has 0 bridgehead atoms. The number of hydrogen-bond donors (Lipinski definition) is 1. The molecule has 0 aliphatic rings. The number of aromatic nitrogens is 2. The van der Waals surface area contributed by atoms with E-state index >= 15 is 0 Å². The smallest absolute Gasteiger partial charge is 0.142 e. The third kappa shape index (κ3) is 3.03. The number of rotatable bonds is 5. The highest BCUT2D eigenvalue weighted by Gasteiger charge is 2.20. The van der Waals surface area contributed by atoms with Crippen LogP contribution in [0.4, 0.5) is 11.5 Å². The molecule has 114 valence electrons. The van der Waals surface area contributed by atoms with Crippen molar-refractivity contribution in [3.63, 3.8) is 0 Å². The van der Waals surface area contributed by atoms with E-state index < -0.39 is 0 Å². The van der Waals surface area contributed by atoms with Gasteiger partial charge in [-0.05, 0) is 32.4 Å². The topological polar surface area (TPSA) is 56.3 Å². The Bertz CT molecular complexity index is 619. The van der Waals surface area contributed by atoms with Gasteiger partial charge in [-0.1, -0.05) is 12.1 Å². The van der Waals surface area contributed by atoms with E-state index in [9.17, 15) is 0 Å². The summed E-state index contributed by atoms with van der Waals surface area (Å²) in [7, 11) is 5.67. The molecule has 1 atom stereocenters. The number of nitrogens with two attached hydrogens (primary N) is 1. The minimum atomic E-state index is 0.0951. The zero-order chi connectivity index (χ0) is 15.6. The molecule has 0 saturated carbocycles. The molecule has 21 heavy (non-hydrogen) atoms. The quantitative estimate of drug-likeness (QED) is 0.918. The average molecular weight is 288 g/mol. The lowest BCUT2D eigenvalue weighted by atomic mass is 10.1. The lowest BCUT2D eigenvalue weighted by Crippen LogP contribution is -2.21. The van der Waals surface area contributed by atoms with Crippen LogP contribution in [-0.2, 0) is 13.5 Å². The molecule has 0 spiro atoms. The van der Waals surface area contributed by atoms with E-state index in [0.29, 0.717) is 0 Å². The summed E-state index contributed by atoms with van der Waals surface area (Å²) in [5.74, 6) is 1.89. The number of methoxy groups -OCH3 is 1. The zero-order valence-electron chi connectivity index (χ0n) is 13.4. The Morgan fingerprint density at radius 3 is 2.67 bits per heavy atom. The number of para-hydroxylation sites is 2. The Morgan fingerprint density at radius 2 is 2.05 bits per heavy atom. The fraction of sp³-hybridized carbons (Fsp3) is 0.438. The maximum Gasteiger partial charge on any atom is 0.142 e. The minimum absolute atomic E-state index is 0.0951. The fourth-order valence-electron chi connectivity index (χ4n) is 2.69. The molecule has 0 saturated heterocycles. The summed E-state index contributed by atoms with van der Waals surface area (Å²) in [6, 6.07) is 8.06. The van der Waals surface area contributed by atoms with Crippen LogP contribution in [-0.4, -0.2) is 30.0 Å². The second kappa shape index (κ2) is 6.18. The van der Waals surface area contributed by atoms with Gasteiger partial charge in [0.15, 0.2) is 0 Å². The number of hydrogen-bond acceptors (Lipinski definition) is 4. The molecule has 0 radical (unpaired) electrons. The van der Waals surface area contributed by atoms with Gasteiger partial charge in [0.05, 0.1) is 18.5 Å². The third-order valence-electron chi connectivity index (χ3n) is 3.60. The number of aryl methyl sites for hydroxylation is 2. The number of nitrogens with zero attached hydrogens (tertiary/aromatic N) is 3. The van der Waals surface area contributed by atoms with Gasteiger partial charge in [-0.15, -0.1) is 0 Å². The van der Waals surface area contributed by atoms with Gasteiger partial charge in [0, 0.05) is 25.7 Å². The molecule has 1 aromatic heterocycles. The van der Waals surface area contributed by atoms with Crippen molar-refractivity contribution >= 4 is 11.5 Å². The molecule has 1 heterocycles. The van der Waals surface area contributed by atoms with Gasteiger partial charge in [0.25, 0.3) is 0 Å². The van der Waals surface area contributed by atoms with Crippen LogP contribution < -0.4 is 15.4 Å². The van der Waals surface area contributed by atoms with Crippen molar-refractivity contribution in [3.8, 4) is 5.75 Å². The molecule has 2 aromatic rings. The Balaban J connectivity index is 2.50. The molecule has 2 N–H and O–H groups in total. The van der Waals surface area contributed by atoms with Gasteiger partial charge in [0.1, 0.15) is 11.6 Å². The Morgan fingerprint density at radius 1 is 1.38 bits per heavy atom. The molecular weight excluding hydrogens is 264 g/mol. The average Bonchev–Trinajstić information content (AvgIpc) is 2.72. The summed E-state index contributed by atoms with van der Waals surface area (Å²) in [6.07, 6.45) is 0.800. The minimum Gasteiger partial charge on any atom is -0.495 e. The van der Waals surface area contributed by atoms with Crippen molar-refractivity contribution in [1.29, 1.82) is 0 Å². The molecule has 0 fully saturated rings. The maximum absolute atomic E-state index is 5.99. The molecule has 1 unspecified atom stereocenters. The van der Waals surface area contributed by atoms with Crippen LogP contribution in [0.3, 0.4) is 0 Å². The van der Waals surface area contributed by atoms with Gasteiger partial charge >= 0.3 is 0 Å². The van der Waals surface area contributed by atoms with Gasteiger partial charge in [0.2, 0.25) is 0 Å². The number of anilines is 2. The Hall–Kier alpha value is -2.01. The normalized spacial score (nSPS) is 12.3. The van der Waals surface area contributed by atoms with Crippen LogP contribution in [0.25, 0.3) is 0 Å². The van der Waals surface area contributed by atoms with Crippen molar-refractivity contribution < 1.29 is 4.74 Å². The van der Waals surface area contributed by atoms with Crippen molar-refractivity contribution in [2.24, 2.45) is 12.8 Å². The first-order chi connectivity index (χ1) is 9.95. The van der Waals surface area contributed by atoms with Gasteiger partial charge in [-0.25, -0.2) is 0 Å². The predicted octanol–water partition coefficient (Wildman–Crippen LogP) is 2.39. The van der Waals surface area contributed by atoms with Crippen LogP contribution in [0.15, 0.2) is 24.3 Å². The summed E-state index contributed by atoms with van der Waals surface area (Å²) in [4.78, 5) is 2.11. The summed E-state index contributed by atoms with van der Waals surface area (Å²) in [5, 5.41) is 4.54. The Labute approximate surface area is 126 Å². The lowest BCUT2D eigenvalue weighted by Gasteiger charge is -2.23. The van der Waals surface area contributed by atoms with E-state index in [1.807, 2.05) is 56.9 Å². The van der Waals surface area contributed by atoms with Crippen molar-refractivity contribution in [2.45, 2.75) is 26.3 Å². The second-order valence-corrected chi connectivity index (χ2v) is 5.42. The van der Waals surface area contributed by atoms with Crippen molar-refractivity contribution in [2.75, 3.05) is 19.1 Å². The molecule has 5 nitrogen and oxygen atoms in total. The third-order valence-corrected chi connectivity index (χ3v) is 3.60. The monoisotopic (exact) mass is 288 g/mol. The van der Waals surface area contributed by atoms with Crippen LogP contribution in [0.1, 0.15) is 18.2 Å². The van der Waals surface area contributed by atoms with Crippen molar-refractivity contribution in [3.05, 3.63) is 35.5 Å². The van der Waals surface area contributed by atoms with Crippen LogP contribution in [0, 0.1) is 6.92 Å². The highest BCUT2D eigenvalue weighted by molar-refractivity contribution is 5.69. The summed E-state index contributed by atoms with van der Waals surface area (Å²) in [5.41, 5.74) is 9.20. The van der Waals surface area contributed by atoms with Crippen LogP contribution >= 0.6 is 0 Å². The number of ether oxygens (including phenoxy) is 1. The maximum atomic E-state index is 5.99. The van der Waals surface area contributed by atoms with Crippen LogP contribution in [0.2, 0.25) is 0 Å². The van der Waals surface area contributed by atoms with Crippen molar-refractivity contribution in [1.82, 2.24) is 9.78 Å². The Kier molecular flexibility index (Phi) is 4.53. The van der Waals surface area contributed by atoms with E-state index in [-0.39, 0.29) is 6.04 Å². The van der Waals surface area contributed by atoms with Crippen LogP contribution in [0.5, 0.6) is 5.75 Å². The number of benzene rings is 1. The molecule has 0 aliphatic heterocycles. The van der Waals surface area contributed by atoms with E-state index in [2.05, 4.69) is 10.00 Å². The van der Waals surface area contributed by atoms with E-state index in [4.69, 9.17) is 10.5 Å². The standard InChI is InChI=1S/C16H24N4O/c1-11(17)10-13-12(2)18-20(4)16(13)19(3)14-8-6-7-9-15(14)21-5/h6-9,11H,10,17H2,1-5H3. The predicted molar refractivity (Wildman–Crippen MR) is 86.4 cm³/mol. The molecular formula is C16H24N4O. The molecule has 5 heteroatoms. The fourth-order valence-corrected chi connectivity index (χ4v) is 2.69. The highest BCUT2D eigenvalue weighted by atomic mass is 16.5. The summed E-state index contributed by atoms with van der Waals surface area (Å²) >= 11 is 0. The lowest BCUT2D eigenvalue weighted by molar-refractivity contribution is 0.415. The molecule has 0 amide bonds. The first-order valence-electron chi connectivity index (χ1n) is 7.10. The summed E-state index contributed by atoms with van der Waals surface area (Å²) in [6.45, 7) is 4.04. The van der Waals surface area contributed by atoms with E-state index in [1.165, 1.54) is 5.56 Å². The van der Waals surface area contributed by atoms with E-state index in [0.717, 1.165) is 29.4 Å². The van der Waals surface area contributed by atoms with Gasteiger partial charge in [-0.2, -0.15) is 5.10 Å². The zero-order valence-corrected chi connectivity index (χ0v) is 13.4. The highest BCUT2D eigenvalue weighted by Crippen LogP contribution is 2.34. The SMILES string of the molecule is COc1ccccc1N(C)c1c(CC(C)N)c(C)nn1C. The molecule has 1 aromatic carbocycles. The van der Waals surface area contributed by atoms with E-state index in [1.54, 1.807) is 7.11 Å². The first kappa shape index (κ1) is 15.4. The molecule has 0 aliphatic carbocycles. The first-order valence-corrected chi connectivity index (χ1v) is 7.10. The summed E-state index contributed by atoms with van der Waals surface area (Å²) < 4.78 is 7.36.